The van der Waals surface area contributed by atoms with Crippen LogP contribution in [0.4, 0.5) is 0 Å². The summed E-state index contributed by atoms with van der Waals surface area (Å²) in [6, 6.07) is 0. The Bertz CT molecular complexity index is 820. The maximum Gasteiger partial charge on any atom is 0.270 e. The zero-order chi connectivity index (χ0) is 19.5. The van der Waals surface area contributed by atoms with Crippen LogP contribution in [0.3, 0.4) is 0 Å². The van der Waals surface area contributed by atoms with Crippen molar-refractivity contribution in [2.24, 2.45) is 11.8 Å². The Morgan fingerprint density at radius 2 is 1.35 bits per heavy atom. The fourth-order valence-corrected chi connectivity index (χ4v) is 5.99. The molecule has 26 heavy (non-hydrogen) atoms. The van der Waals surface area contributed by atoms with Gasteiger partial charge in [0.05, 0.1) is 42.5 Å². The molecule has 4 atom stereocenters. The van der Waals surface area contributed by atoms with Gasteiger partial charge in [0.25, 0.3) is 5.91 Å². The van der Waals surface area contributed by atoms with Crippen molar-refractivity contribution in [2.75, 3.05) is 0 Å². The summed E-state index contributed by atoms with van der Waals surface area (Å²) in [6.07, 6.45) is 1.18. The van der Waals surface area contributed by atoms with Crippen LogP contribution in [0.2, 0.25) is 25.1 Å². The standard InChI is InChI=1S/C15H8Br2Cl5NO3/c16-4-2-1-3-5(7(4)17)14(25)23(13(3)24)15(26)6-8(18)10(20)12(22)11(21)9(6)19/h3-5,7H,1-2H2. The predicted molar refractivity (Wildman–Crippen MR) is 109 cm³/mol. The molecule has 2 fully saturated rings. The van der Waals surface area contributed by atoms with E-state index in [-0.39, 0.29) is 40.3 Å². The Kier molecular flexibility index (Phi) is 6.26. The lowest BCUT2D eigenvalue weighted by Gasteiger charge is -2.30. The highest BCUT2D eigenvalue weighted by molar-refractivity contribution is 9.12. The van der Waals surface area contributed by atoms with E-state index in [1.165, 1.54) is 0 Å². The third-order valence-corrected chi connectivity index (χ3v) is 9.77. The molecule has 1 heterocycles. The maximum absolute atomic E-state index is 13.0. The van der Waals surface area contributed by atoms with Crippen molar-refractivity contribution >= 4 is 108 Å². The van der Waals surface area contributed by atoms with Crippen LogP contribution in [-0.2, 0) is 9.59 Å². The van der Waals surface area contributed by atoms with Gasteiger partial charge in [0.1, 0.15) is 0 Å². The second-order valence-corrected chi connectivity index (χ2v) is 10.1. The fraction of sp³-hybridized carbons (Fsp3) is 0.400. The molecule has 0 spiro atoms. The molecule has 0 bridgehead atoms. The summed E-state index contributed by atoms with van der Waals surface area (Å²) in [7, 11) is 0. The Labute approximate surface area is 190 Å². The number of halogens is 7. The largest absolute Gasteiger partial charge is 0.274 e. The summed E-state index contributed by atoms with van der Waals surface area (Å²) in [5.74, 6) is -3.38. The van der Waals surface area contributed by atoms with Crippen molar-refractivity contribution in [1.82, 2.24) is 4.90 Å². The first-order valence-corrected chi connectivity index (χ1v) is 11.0. The molecule has 140 valence electrons. The van der Waals surface area contributed by atoms with Crippen LogP contribution in [0.5, 0.6) is 0 Å². The van der Waals surface area contributed by atoms with Gasteiger partial charge in [0.2, 0.25) is 11.8 Å². The number of likely N-dealkylation sites (tertiary alicyclic amines) is 1. The van der Waals surface area contributed by atoms with E-state index in [4.69, 9.17) is 58.0 Å². The van der Waals surface area contributed by atoms with Gasteiger partial charge in [-0.1, -0.05) is 89.9 Å². The van der Waals surface area contributed by atoms with Gasteiger partial charge in [-0.25, -0.2) is 4.90 Å². The maximum atomic E-state index is 13.0. The molecule has 3 rings (SSSR count). The van der Waals surface area contributed by atoms with Crippen molar-refractivity contribution < 1.29 is 14.4 Å². The number of carbonyl (C=O) groups excluding carboxylic acids is 3. The molecule has 0 radical (unpaired) electrons. The second-order valence-electron chi connectivity index (χ2n) is 5.93. The van der Waals surface area contributed by atoms with Crippen LogP contribution in [0.25, 0.3) is 0 Å². The molecule has 1 aliphatic carbocycles. The first kappa shape index (κ1) is 21.2. The predicted octanol–water partition coefficient (Wildman–Crippen LogP) is 6.02. The summed E-state index contributed by atoms with van der Waals surface area (Å²) >= 11 is 37.0. The molecule has 4 unspecified atom stereocenters. The Hall–Kier alpha value is 0.440. The summed E-state index contributed by atoms with van der Waals surface area (Å²) in [4.78, 5) is 38.9. The van der Waals surface area contributed by atoms with E-state index in [1.807, 2.05) is 0 Å². The molecule has 1 aliphatic heterocycles. The van der Waals surface area contributed by atoms with Gasteiger partial charge < -0.3 is 0 Å². The molecule has 4 nitrogen and oxygen atoms in total. The van der Waals surface area contributed by atoms with E-state index in [0.29, 0.717) is 17.7 Å². The van der Waals surface area contributed by atoms with E-state index in [2.05, 4.69) is 31.9 Å². The average molecular weight is 587 g/mol. The average Bonchev–Trinajstić information content (AvgIpc) is 2.85. The fourth-order valence-electron chi connectivity index (χ4n) is 3.24. The van der Waals surface area contributed by atoms with Gasteiger partial charge in [-0.15, -0.1) is 0 Å². The third-order valence-electron chi connectivity index (χ3n) is 4.55. The van der Waals surface area contributed by atoms with Crippen LogP contribution in [0.1, 0.15) is 23.2 Å². The van der Waals surface area contributed by atoms with Crippen LogP contribution < -0.4 is 0 Å². The zero-order valence-corrected chi connectivity index (χ0v) is 19.5. The second kappa shape index (κ2) is 7.69. The van der Waals surface area contributed by atoms with Crippen LogP contribution in [0, 0.1) is 11.8 Å². The molecule has 1 aromatic rings. The number of rotatable bonds is 1. The number of hydrogen-bond donors (Lipinski definition) is 0. The van der Waals surface area contributed by atoms with E-state index < -0.39 is 29.6 Å². The minimum Gasteiger partial charge on any atom is -0.274 e. The van der Waals surface area contributed by atoms with Crippen LogP contribution >= 0.6 is 89.9 Å². The highest BCUT2D eigenvalue weighted by atomic mass is 79.9. The molecular weight excluding hydrogens is 579 g/mol. The lowest BCUT2D eigenvalue weighted by atomic mass is 9.81. The molecule has 0 aromatic heterocycles. The van der Waals surface area contributed by atoms with Gasteiger partial charge >= 0.3 is 0 Å². The number of nitrogens with zero attached hydrogens (tertiary/aromatic N) is 1. The smallest absolute Gasteiger partial charge is 0.270 e. The summed E-state index contributed by atoms with van der Waals surface area (Å²) < 4.78 is 0. The van der Waals surface area contributed by atoms with Gasteiger partial charge in [-0.3, -0.25) is 14.4 Å². The summed E-state index contributed by atoms with van der Waals surface area (Å²) in [5.41, 5.74) is -0.324. The quantitative estimate of drug-likeness (QED) is 0.175. The van der Waals surface area contributed by atoms with Crippen molar-refractivity contribution in [2.45, 2.75) is 22.5 Å². The lowest BCUT2D eigenvalue weighted by Crippen LogP contribution is -2.39. The number of benzene rings is 1. The number of fused-ring (bicyclic) bond motifs is 1. The first-order valence-electron chi connectivity index (χ1n) is 7.31. The summed E-state index contributed by atoms with van der Waals surface area (Å²) in [6.45, 7) is 0. The van der Waals surface area contributed by atoms with Gasteiger partial charge in [0.15, 0.2) is 0 Å². The molecule has 1 aromatic carbocycles. The molecule has 11 heteroatoms. The molecule has 2 aliphatic rings. The van der Waals surface area contributed by atoms with Crippen molar-refractivity contribution in [3.63, 3.8) is 0 Å². The SMILES string of the molecule is O=C(c1c(Cl)c(Cl)c(Cl)c(Cl)c1Cl)N1C(=O)C2CCC(Br)C(Br)C2C1=O. The Morgan fingerprint density at radius 1 is 0.846 bits per heavy atom. The number of alkyl halides is 2. The highest BCUT2D eigenvalue weighted by Crippen LogP contribution is 2.47. The van der Waals surface area contributed by atoms with Crippen molar-refractivity contribution in [3.05, 3.63) is 30.7 Å². The minimum atomic E-state index is -0.962. The number of hydrogen-bond acceptors (Lipinski definition) is 3. The van der Waals surface area contributed by atoms with Crippen molar-refractivity contribution in [3.8, 4) is 0 Å². The van der Waals surface area contributed by atoms with Gasteiger partial charge in [-0.05, 0) is 12.8 Å². The third kappa shape index (κ3) is 3.14. The topological polar surface area (TPSA) is 54.5 Å². The van der Waals surface area contributed by atoms with E-state index in [1.54, 1.807) is 0 Å². The van der Waals surface area contributed by atoms with E-state index in [9.17, 15) is 14.4 Å². The first-order chi connectivity index (χ1) is 12.1. The molecular formula is C15H8Br2Cl5NO3. The Morgan fingerprint density at radius 3 is 1.88 bits per heavy atom. The number of imide groups is 3. The molecule has 3 amide bonds. The Balaban J connectivity index is 2.07. The lowest BCUT2D eigenvalue weighted by molar-refractivity contribution is -0.136. The molecule has 1 saturated heterocycles. The molecule has 0 N–H and O–H groups in total. The number of carbonyl (C=O) groups is 3. The summed E-state index contributed by atoms with van der Waals surface area (Å²) in [5, 5.41) is -1.00. The number of amides is 3. The van der Waals surface area contributed by atoms with Gasteiger partial charge in [-0.2, -0.15) is 0 Å². The van der Waals surface area contributed by atoms with Crippen molar-refractivity contribution in [1.29, 1.82) is 0 Å². The highest BCUT2D eigenvalue weighted by Gasteiger charge is 2.56. The van der Waals surface area contributed by atoms with Crippen LogP contribution in [-0.4, -0.2) is 32.3 Å². The normalized spacial score (nSPS) is 28.5. The van der Waals surface area contributed by atoms with E-state index >= 15 is 0 Å². The van der Waals surface area contributed by atoms with Crippen LogP contribution in [0.15, 0.2) is 0 Å². The van der Waals surface area contributed by atoms with E-state index in [0.717, 1.165) is 0 Å². The minimum absolute atomic E-state index is 0.0159. The molecule has 1 saturated carbocycles. The van der Waals surface area contributed by atoms with Gasteiger partial charge in [0, 0.05) is 9.65 Å². The zero-order valence-electron chi connectivity index (χ0n) is 12.5. The monoisotopic (exact) mass is 583 g/mol.